The number of carbonyl (C=O) groups is 1. The number of hydrogen-bond acceptors (Lipinski definition) is 2. The summed E-state index contributed by atoms with van der Waals surface area (Å²) in [5.74, 6) is 0.0188. The minimum absolute atomic E-state index is 0.0188. The van der Waals surface area contributed by atoms with Crippen molar-refractivity contribution in [3.63, 3.8) is 0 Å². The van der Waals surface area contributed by atoms with E-state index in [4.69, 9.17) is 5.26 Å². The van der Waals surface area contributed by atoms with Crippen LogP contribution < -0.4 is 5.32 Å². The van der Waals surface area contributed by atoms with E-state index in [1.54, 1.807) is 24.3 Å². The Morgan fingerprint density at radius 1 is 1.19 bits per heavy atom. The van der Waals surface area contributed by atoms with Crippen LogP contribution in [0, 0.1) is 11.3 Å². The highest BCUT2D eigenvalue weighted by Gasteiger charge is 2.51. The molecule has 1 saturated carbocycles. The summed E-state index contributed by atoms with van der Waals surface area (Å²) < 4.78 is 0.984. The van der Waals surface area contributed by atoms with Crippen molar-refractivity contribution in [2.75, 3.05) is 5.32 Å². The smallest absolute Gasteiger partial charge is 0.235 e. The number of hydrogen-bond donors (Lipinski definition) is 1. The van der Waals surface area contributed by atoms with Crippen molar-refractivity contribution in [2.45, 2.75) is 18.3 Å². The number of benzene rings is 2. The third-order valence-electron chi connectivity index (χ3n) is 3.83. The van der Waals surface area contributed by atoms with Gasteiger partial charge in [0, 0.05) is 10.2 Å². The van der Waals surface area contributed by atoms with Crippen molar-refractivity contribution < 1.29 is 4.79 Å². The van der Waals surface area contributed by atoms with E-state index >= 15 is 0 Å². The molecule has 0 heterocycles. The lowest BCUT2D eigenvalue weighted by atomic mass is 9.95. The van der Waals surface area contributed by atoms with Crippen molar-refractivity contribution in [1.29, 1.82) is 5.26 Å². The van der Waals surface area contributed by atoms with Crippen molar-refractivity contribution >= 4 is 27.5 Å². The maximum atomic E-state index is 12.6. The minimum atomic E-state index is -0.405. The molecule has 0 unspecified atom stereocenters. The van der Waals surface area contributed by atoms with E-state index in [0.29, 0.717) is 5.56 Å². The number of amides is 1. The first-order chi connectivity index (χ1) is 10.1. The number of anilines is 1. The molecule has 2 aromatic rings. The second kappa shape index (κ2) is 5.34. The van der Waals surface area contributed by atoms with Crippen molar-refractivity contribution in [3.8, 4) is 6.07 Å². The summed E-state index contributed by atoms with van der Waals surface area (Å²) in [5.41, 5.74) is 1.95. The molecular weight excluding hydrogens is 328 g/mol. The van der Waals surface area contributed by atoms with Gasteiger partial charge in [-0.15, -0.1) is 0 Å². The van der Waals surface area contributed by atoms with Crippen LogP contribution in [0.15, 0.2) is 53.0 Å². The first-order valence-corrected chi connectivity index (χ1v) is 7.51. The molecule has 1 aliphatic carbocycles. The Morgan fingerprint density at radius 2 is 1.90 bits per heavy atom. The normalized spacial score (nSPS) is 15.0. The summed E-state index contributed by atoms with van der Waals surface area (Å²) in [4.78, 5) is 12.6. The molecule has 1 aliphatic rings. The van der Waals surface area contributed by atoms with Crippen LogP contribution in [-0.2, 0) is 10.2 Å². The average Bonchev–Trinajstić information content (AvgIpc) is 3.30. The SMILES string of the molecule is N#Cc1ccc(NC(=O)C2(c3cccc(Br)c3)CC2)cc1. The fourth-order valence-corrected chi connectivity index (χ4v) is 2.84. The zero-order chi connectivity index (χ0) is 14.9. The van der Waals surface area contributed by atoms with Gasteiger partial charge in [0.2, 0.25) is 5.91 Å². The second-order valence-corrected chi connectivity index (χ2v) is 6.15. The highest BCUT2D eigenvalue weighted by molar-refractivity contribution is 9.10. The molecule has 104 valence electrons. The third kappa shape index (κ3) is 2.70. The zero-order valence-corrected chi connectivity index (χ0v) is 12.9. The van der Waals surface area contributed by atoms with E-state index in [9.17, 15) is 4.79 Å². The second-order valence-electron chi connectivity index (χ2n) is 5.24. The van der Waals surface area contributed by atoms with Gasteiger partial charge in [-0.2, -0.15) is 5.26 Å². The molecule has 1 fully saturated rings. The molecule has 3 nitrogen and oxygen atoms in total. The predicted octanol–water partition coefficient (Wildman–Crippen LogP) is 3.99. The van der Waals surface area contributed by atoms with Crippen LogP contribution in [0.2, 0.25) is 0 Å². The summed E-state index contributed by atoms with van der Waals surface area (Å²) in [6.07, 6.45) is 1.73. The summed E-state index contributed by atoms with van der Waals surface area (Å²) in [5, 5.41) is 11.7. The average molecular weight is 341 g/mol. The summed E-state index contributed by atoms with van der Waals surface area (Å²) in [6, 6.07) is 16.9. The number of nitrogens with one attached hydrogen (secondary N) is 1. The van der Waals surface area contributed by atoms with Crippen molar-refractivity contribution in [2.24, 2.45) is 0 Å². The molecule has 4 heteroatoms. The predicted molar refractivity (Wildman–Crippen MR) is 84.8 cm³/mol. The maximum Gasteiger partial charge on any atom is 0.235 e. The molecule has 1 amide bonds. The Kier molecular flexibility index (Phi) is 3.52. The third-order valence-corrected chi connectivity index (χ3v) is 4.33. The van der Waals surface area contributed by atoms with Gasteiger partial charge in [-0.1, -0.05) is 28.1 Å². The van der Waals surface area contributed by atoms with Crippen molar-refractivity contribution in [1.82, 2.24) is 0 Å². The first kappa shape index (κ1) is 13.8. The highest BCUT2D eigenvalue weighted by Crippen LogP contribution is 2.49. The lowest BCUT2D eigenvalue weighted by Crippen LogP contribution is -2.27. The van der Waals surface area contributed by atoms with Gasteiger partial charge in [0.05, 0.1) is 17.0 Å². The van der Waals surface area contributed by atoms with Gasteiger partial charge in [-0.05, 0) is 54.8 Å². The van der Waals surface area contributed by atoms with Crippen LogP contribution >= 0.6 is 15.9 Å². The molecule has 0 aliphatic heterocycles. The number of nitrogens with zero attached hydrogens (tertiary/aromatic N) is 1. The Balaban J connectivity index is 1.80. The lowest BCUT2D eigenvalue weighted by molar-refractivity contribution is -0.118. The van der Waals surface area contributed by atoms with Gasteiger partial charge >= 0.3 is 0 Å². The zero-order valence-electron chi connectivity index (χ0n) is 11.3. The first-order valence-electron chi connectivity index (χ1n) is 6.72. The monoisotopic (exact) mass is 340 g/mol. The standard InChI is InChI=1S/C17H13BrN2O/c18-14-3-1-2-13(10-14)17(8-9-17)16(21)20-15-6-4-12(11-19)5-7-15/h1-7,10H,8-9H2,(H,20,21). The highest BCUT2D eigenvalue weighted by atomic mass is 79.9. The van der Waals surface area contributed by atoms with Crippen molar-refractivity contribution in [3.05, 3.63) is 64.1 Å². The van der Waals surface area contributed by atoms with Crippen LogP contribution in [0.25, 0.3) is 0 Å². The summed E-state index contributed by atoms with van der Waals surface area (Å²) in [7, 11) is 0. The van der Waals surface area contributed by atoms with Gasteiger partial charge in [-0.3, -0.25) is 4.79 Å². The minimum Gasteiger partial charge on any atom is -0.325 e. The fraction of sp³-hybridized carbons (Fsp3) is 0.176. The number of halogens is 1. The molecule has 0 saturated heterocycles. The molecular formula is C17H13BrN2O. The van der Waals surface area contributed by atoms with Gasteiger partial charge in [-0.25, -0.2) is 0 Å². The number of rotatable bonds is 3. The van der Waals surface area contributed by atoms with E-state index in [2.05, 4.69) is 27.3 Å². The Labute approximate surface area is 131 Å². The quantitative estimate of drug-likeness (QED) is 0.918. The van der Waals surface area contributed by atoms with Crippen LogP contribution in [-0.4, -0.2) is 5.91 Å². The van der Waals surface area contributed by atoms with Crippen LogP contribution in [0.4, 0.5) is 5.69 Å². The van der Waals surface area contributed by atoms with E-state index in [1.807, 2.05) is 24.3 Å². The Hall–Kier alpha value is -2.12. The maximum absolute atomic E-state index is 12.6. The molecule has 1 N–H and O–H groups in total. The molecule has 0 aromatic heterocycles. The van der Waals surface area contributed by atoms with Gasteiger partial charge < -0.3 is 5.32 Å². The van der Waals surface area contributed by atoms with Crippen LogP contribution in [0.1, 0.15) is 24.0 Å². The molecule has 3 rings (SSSR count). The Bertz CT molecular complexity index is 727. The lowest BCUT2D eigenvalue weighted by Gasteiger charge is -2.16. The molecule has 21 heavy (non-hydrogen) atoms. The van der Waals surface area contributed by atoms with E-state index in [0.717, 1.165) is 28.6 Å². The van der Waals surface area contributed by atoms with E-state index < -0.39 is 5.41 Å². The fourth-order valence-electron chi connectivity index (χ4n) is 2.44. The van der Waals surface area contributed by atoms with Gasteiger partial charge in [0.15, 0.2) is 0 Å². The molecule has 0 bridgehead atoms. The molecule has 0 spiro atoms. The van der Waals surface area contributed by atoms with Crippen LogP contribution in [0.3, 0.4) is 0 Å². The topological polar surface area (TPSA) is 52.9 Å². The molecule has 0 radical (unpaired) electrons. The van der Waals surface area contributed by atoms with Crippen LogP contribution in [0.5, 0.6) is 0 Å². The van der Waals surface area contributed by atoms with Gasteiger partial charge in [0.25, 0.3) is 0 Å². The largest absolute Gasteiger partial charge is 0.325 e. The van der Waals surface area contributed by atoms with E-state index in [-0.39, 0.29) is 5.91 Å². The number of carbonyl (C=O) groups excluding carboxylic acids is 1. The van der Waals surface area contributed by atoms with E-state index in [1.165, 1.54) is 0 Å². The summed E-state index contributed by atoms with van der Waals surface area (Å²) in [6.45, 7) is 0. The molecule has 2 aromatic carbocycles. The Morgan fingerprint density at radius 3 is 2.48 bits per heavy atom. The van der Waals surface area contributed by atoms with Gasteiger partial charge in [0.1, 0.15) is 0 Å². The number of nitriles is 1. The summed E-state index contributed by atoms with van der Waals surface area (Å²) >= 11 is 3.45. The molecule has 0 atom stereocenters.